The molecule has 1 saturated heterocycles. The monoisotopic (exact) mass is 317 g/mol. The lowest BCUT2D eigenvalue weighted by Gasteiger charge is -2.39. The van der Waals surface area contributed by atoms with Crippen LogP contribution in [0.1, 0.15) is 52.4 Å². The van der Waals surface area contributed by atoms with E-state index >= 15 is 0 Å². The highest BCUT2D eigenvalue weighted by Crippen LogP contribution is 2.35. The van der Waals surface area contributed by atoms with E-state index in [1.165, 1.54) is 17.1 Å². The molecule has 1 aliphatic carbocycles. The minimum atomic E-state index is -3.27. The topological polar surface area (TPSA) is 52.7 Å². The van der Waals surface area contributed by atoms with Gasteiger partial charge in [0.05, 0.1) is 0 Å². The van der Waals surface area contributed by atoms with Crippen LogP contribution in [0.2, 0.25) is 0 Å². The minimum absolute atomic E-state index is 0.318. The van der Waals surface area contributed by atoms with Crippen LogP contribution in [0.4, 0.5) is 0 Å². The van der Waals surface area contributed by atoms with Crippen LogP contribution in [-0.2, 0) is 10.2 Å². The molecule has 2 fully saturated rings. The third-order valence-electron chi connectivity index (χ3n) is 5.16. The quantitative estimate of drug-likeness (QED) is 0.695. The van der Waals surface area contributed by atoms with Crippen LogP contribution in [0.5, 0.6) is 0 Å². The van der Waals surface area contributed by atoms with Crippen LogP contribution in [0.25, 0.3) is 0 Å². The zero-order chi connectivity index (χ0) is 15.5. The predicted molar refractivity (Wildman–Crippen MR) is 86.4 cm³/mol. The first-order valence-corrected chi connectivity index (χ1v) is 9.72. The molecule has 0 unspecified atom stereocenters. The van der Waals surface area contributed by atoms with E-state index < -0.39 is 10.2 Å². The van der Waals surface area contributed by atoms with E-state index in [1.807, 2.05) is 0 Å². The molecule has 1 heterocycles. The Balaban J connectivity index is 1.77. The van der Waals surface area contributed by atoms with Crippen molar-refractivity contribution in [2.45, 2.75) is 58.4 Å². The number of hydrogen-bond acceptors (Lipinski definition) is 3. The maximum Gasteiger partial charge on any atom is 0.281 e. The van der Waals surface area contributed by atoms with Gasteiger partial charge in [-0.05, 0) is 44.1 Å². The van der Waals surface area contributed by atoms with E-state index in [9.17, 15) is 8.42 Å². The van der Waals surface area contributed by atoms with E-state index in [4.69, 9.17) is 0 Å². The molecule has 6 heteroatoms. The summed E-state index contributed by atoms with van der Waals surface area (Å²) in [5.74, 6) is 0. The molecule has 0 aromatic heterocycles. The largest absolute Gasteiger partial charge is 0.314 e. The average molecular weight is 317 g/mol. The molecule has 124 valence electrons. The third kappa shape index (κ3) is 4.65. The molecule has 1 N–H and O–H groups in total. The normalized spacial score (nSPS) is 23.6. The Bertz CT molecular complexity index is 426. The number of rotatable bonds is 8. The van der Waals surface area contributed by atoms with Crippen LogP contribution in [0.15, 0.2) is 0 Å². The SMILES string of the molecule is CCC1(C)CCN(S(=O)(=O)N(C)CCCNC2CC2)CC1. The number of hydrogen-bond donors (Lipinski definition) is 1. The summed E-state index contributed by atoms with van der Waals surface area (Å²) in [6.07, 6.45) is 6.51. The summed E-state index contributed by atoms with van der Waals surface area (Å²) in [5.41, 5.74) is 0.318. The van der Waals surface area contributed by atoms with E-state index in [1.54, 1.807) is 11.4 Å². The van der Waals surface area contributed by atoms with E-state index in [0.29, 0.717) is 31.1 Å². The Labute approximate surface area is 130 Å². The number of piperidine rings is 1. The van der Waals surface area contributed by atoms with Crippen LogP contribution < -0.4 is 5.32 Å². The summed E-state index contributed by atoms with van der Waals surface area (Å²) in [4.78, 5) is 0. The second-order valence-corrected chi connectivity index (χ2v) is 9.01. The zero-order valence-electron chi connectivity index (χ0n) is 13.8. The standard InChI is InChI=1S/C15H31N3O2S/c1-4-15(2)8-12-18(13-9-15)21(19,20)17(3)11-5-10-16-14-6-7-14/h14,16H,4-13H2,1-3H3. The Kier molecular flexibility index (Phi) is 5.68. The van der Waals surface area contributed by atoms with Crippen LogP contribution in [-0.4, -0.2) is 56.3 Å². The molecular weight excluding hydrogens is 286 g/mol. The van der Waals surface area contributed by atoms with Gasteiger partial charge in [0.2, 0.25) is 0 Å². The molecule has 0 radical (unpaired) electrons. The lowest BCUT2D eigenvalue weighted by Crippen LogP contribution is -2.48. The molecule has 21 heavy (non-hydrogen) atoms. The fourth-order valence-electron chi connectivity index (χ4n) is 2.82. The van der Waals surface area contributed by atoms with Gasteiger partial charge in [-0.2, -0.15) is 17.0 Å². The molecular formula is C15H31N3O2S. The summed E-state index contributed by atoms with van der Waals surface area (Å²) >= 11 is 0. The second kappa shape index (κ2) is 6.94. The van der Waals surface area contributed by atoms with Gasteiger partial charge < -0.3 is 5.32 Å². The second-order valence-electron chi connectivity index (χ2n) is 6.97. The summed E-state index contributed by atoms with van der Waals surface area (Å²) in [5, 5.41) is 3.43. The van der Waals surface area contributed by atoms with Crippen molar-refractivity contribution in [2.75, 3.05) is 33.2 Å². The fourth-order valence-corrected chi connectivity index (χ4v) is 4.22. The molecule has 0 aromatic carbocycles. The summed E-state index contributed by atoms with van der Waals surface area (Å²) in [7, 11) is -1.56. The van der Waals surface area contributed by atoms with Gasteiger partial charge in [0.1, 0.15) is 0 Å². The predicted octanol–water partition coefficient (Wildman–Crippen LogP) is 1.82. The Morgan fingerprint density at radius 1 is 1.29 bits per heavy atom. The molecule has 0 amide bonds. The Morgan fingerprint density at radius 3 is 2.43 bits per heavy atom. The Morgan fingerprint density at radius 2 is 1.90 bits per heavy atom. The van der Waals surface area contributed by atoms with Crippen molar-refractivity contribution in [3.8, 4) is 0 Å². The van der Waals surface area contributed by atoms with Gasteiger partial charge in [-0.3, -0.25) is 0 Å². The van der Waals surface area contributed by atoms with Crippen molar-refractivity contribution in [2.24, 2.45) is 5.41 Å². The van der Waals surface area contributed by atoms with Gasteiger partial charge in [-0.15, -0.1) is 0 Å². The molecule has 1 saturated carbocycles. The summed E-state index contributed by atoms with van der Waals surface area (Å²) in [6, 6.07) is 0.695. The van der Waals surface area contributed by atoms with Gasteiger partial charge in [0.15, 0.2) is 0 Å². The van der Waals surface area contributed by atoms with Crippen molar-refractivity contribution in [3.05, 3.63) is 0 Å². The van der Waals surface area contributed by atoms with Crippen molar-refractivity contribution in [1.29, 1.82) is 0 Å². The molecule has 5 nitrogen and oxygen atoms in total. The highest BCUT2D eigenvalue weighted by atomic mass is 32.2. The molecule has 2 aliphatic rings. The smallest absolute Gasteiger partial charge is 0.281 e. The van der Waals surface area contributed by atoms with Crippen molar-refractivity contribution in [1.82, 2.24) is 13.9 Å². The number of nitrogens with one attached hydrogen (secondary N) is 1. The van der Waals surface area contributed by atoms with Gasteiger partial charge in [-0.25, -0.2) is 0 Å². The van der Waals surface area contributed by atoms with E-state index in [0.717, 1.165) is 32.2 Å². The van der Waals surface area contributed by atoms with Crippen molar-refractivity contribution < 1.29 is 8.42 Å². The molecule has 1 aliphatic heterocycles. The summed E-state index contributed by atoms with van der Waals surface area (Å²) in [6.45, 7) is 7.31. The highest BCUT2D eigenvalue weighted by Gasteiger charge is 2.35. The zero-order valence-corrected chi connectivity index (χ0v) is 14.6. The Hall–Kier alpha value is -0.170. The molecule has 0 bridgehead atoms. The fraction of sp³-hybridized carbons (Fsp3) is 1.00. The lowest BCUT2D eigenvalue weighted by atomic mass is 9.79. The van der Waals surface area contributed by atoms with Crippen molar-refractivity contribution in [3.63, 3.8) is 0 Å². The van der Waals surface area contributed by atoms with Gasteiger partial charge in [0, 0.05) is 32.7 Å². The maximum atomic E-state index is 12.6. The third-order valence-corrected chi connectivity index (χ3v) is 7.15. The average Bonchev–Trinajstić information content (AvgIpc) is 3.28. The molecule has 0 aromatic rings. The van der Waals surface area contributed by atoms with E-state index in [-0.39, 0.29) is 0 Å². The molecule has 0 spiro atoms. The number of nitrogens with zero attached hydrogens (tertiary/aromatic N) is 2. The maximum absolute atomic E-state index is 12.6. The van der Waals surface area contributed by atoms with Gasteiger partial charge in [-0.1, -0.05) is 20.3 Å². The van der Waals surface area contributed by atoms with Crippen LogP contribution in [0.3, 0.4) is 0 Å². The van der Waals surface area contributed by atoms with Crippen LogP contribution >= 0.6 is 0 Å². The minimum Gasteiger partial charge on any atom is -0.314 e. The van der Waals surface area contributed by atoms with Gasteiger partial charge in [0.25, 0.3) is 10.2 Å². The summed E-state index contributed by atoms with van der Waals surface area (Å²) < 4.78 is 28.3. The molecule has 2 rings (SSSR count). The first-order chi connectivity index (χ1) is 9.87. The first-order valence-electron chi connectivity index (χ1n) is 8.32. The lowest BCUT2D eigenvalue weighted by molar-refractivity contribution is 0.163. The first kappa shape index (κ1) is 17.2. The van der Waals surface area contributed by atoms with Crippen molar-refractivity contribution >= 4 is 10.2 Å². The highest BCUT2D eigenvalue weighted by molar-refractivity contribution is 7.86. The molecule has 0 atom stereocenters. The van der Waals surface area contributed by atoms with E-state index in [2.05, 4.69) is 19.2 Å². The van der Waals surface area contributed by atoms with Crippen LogP contribution in [0, 0.1) is 5.41 Å². The van der Waals surface area contributed by atoms with Gasteiger partial charge >= 0.3 is 0 Å².